The number of hydrogen-bond donors (Lipinski definition) is 1. The number of nitro groups is 1. The summed E-state index contributed by atoms with van der Waals surface area (Å²) < 4.78 is 5.82. The summed E-state index contributed by atoms with van der Waals surface area (Å²) in [6.07, 6.45) is 0.318. The van der Waals surface area contributed by atoms with Gasteiger partial charge in [-0.05, 0) is 24.6 Å². The van der Waals surface area contributed by atoms with Crippen molar-refractivity contribution in [3.05, 3.63) is 49.9 Å². The van der Waals surface area contributed by atoms with Crippen LogP contribution in [0, 0.1) is 10.1 Å². The molecule has 2 aliphatic heterocycles. The Labute approximate surface area is 162 Å². The van der Waals surface area contributed by atoms with Crippen molar-refractivity contribution in [2.24, 2.45) is 5.73 Å². The van der Waals surface area contributed by atoms with Crippen LogP contribution in [0.3, 0.4) is 0 Å². The fourth-order valence-corrected chi connectivity index (χ4v) is 5.26. The number of nitrogens with two attached hydrogens (primary N) is 1. The van der Waals surface area contributed by atoms with Crippen LogP contribution < -0.4 is 5.73 Å². The van der Waals surface area contributed by atoms with Gasteiger partial charge in [0, 0.05) is 12.1 Å². The van der Waals surface area contributed by atoms with Gasteiger partial charge in [0.05, 0.1) is 26.2 Å². The van der Waals surface area contributed by atoms with Crippen LogP contribution in [0.2, 0.25) is 0 Å². The maximum atomic E-state index is 12.6. The van der Waals surface area contributed by atoms with Gasteiger partial charge in [0.2, 0.25) is 11.8 Å². The lowest BCUT2D eigenvalue weighted by Crippen LogP contribution is -2.48. The number of esters is 1. The van der Waals surface area contributed by atoms with Crippen molar-refractivity contribution >= 4 is 47.0 Å². The van der Waals surface area contributed by atoms with Crippen molar-refractivity contribution in [2.75, 3.05) is 0 Å². The summed E-state index contributed by atoms with van der Waals surface area (Å²) in [6.45, 7) is 1.53. The number of carbonyl (C=O) groups excluding carboxylic acids is 3. The number of primary amides is 1. The van der Waals surface area contributed by atoms with Gasteiger partial charge >= 0.3 is 5.97 Å². The Bertz CT molecular complexity index is 854. The maximum absolute atomic E-state index is 12.6. The molecule has 2 N–H and O–H groups in total. The number of carbonyl (C=O) groups is 3. The Morgan fingerprint density at radius 1 is 1.44 bits per heavy atom. The number of benzene rings is 1. The standard InChI is InChI=1S/C16H15N3O6S2/c1-8(14(17)21)26-16-13(18-11(20)6-12(18)27-16)15(22)25-7-9-2-4-10(5-3-9)19(23)24/h2-5,8,12H,6-7H2,1H3,(H2,17,21)/t8?,12-/m0/s1. The Balaban J connectivity index is 1.72. The fraction of sp³-hybridized carbons (Fsp3) is 0.312. The zero-order valence-electron chi connectivity index (χ0n) is 14.1. The minimum atomic E-state index is -0.685. The highest BCUT2D eigenvalue weighted by molar-refractivity contribution is 8.23. The molecule has 1 saturated heterocycles. The van der Waals surface area contributed by atoms with E-state index in [1.54, 1.807) is 6.92 Å². The molecule has 0 spiro atoms. The molecule has 142 valence electrons. The third kappa shape index (κ3) is 3.93. The minimum absolute atomic E-state index is 0.0619. The van der Waals surface area contributed by atoms with E-state index < -0.39 is 22.0 Å². The number of nitro benzene ring substituents is 1. The normalized spacial score (nSPS) is 19.4. The molecule has 0 saturated carbocycles. The highest BCUT2D eigenvalue weighted by Crippen LogP contribution is 2.51. The fourth-order valence-electron chi connectivity index (χ4n) is 2.44. The average Bonchev–Trinajstić information content (AvgIpc) is 2.91. The van der Waals surface area contributed by atoms with Crippen LogP contribution in [-0.2, 0) is 25.7 Å². The monoisotopic (exact) mass is 409 g/mol. The molecule has 2 aliphatic rings. The molecule has 1 fully saturated rings. The number of thioether (sulfide) groups is 2. The smallest absolute Gasteiger partial charge is 0.357 e. The Morgan fingerprint density at radius 3 is 2.67 bits per heavy atom. The lowest BCUT2D eigenvalue weighted by molar-refractivity contribution is -0.384. The molecule has 0 bridgehead atoms. The Hall–Kier alpha value is -2.53. The third-order valence-electron chi connectivity index (χ3n) is 3.98. The highest BCUT2D eigenvalue weighted by Gasteiger charge is 2.49. The number of nitrogens with zero attached hydrogens (tertiary/aromatic N) is 2. The van der Waals surface area contributed by atoms with Crippen molar-refractivity contribution in [1.29, 1.82) is 0 Å². The maximum Gasteiger partial charge on any atom is 0.357 e. The zero-order valence-corrected chi connectivity index (χ0v) is 15.7. The quantitative estimate of drug-likeness (QED) is 0.311. The molecular weight excluding hydrogens is 394 g/mol. The molecule has 2 amide bonds. The minimum Gasteiger partial charge on any atom is -0.456 e. The van der Waals surface area contributed by atoms with Crippen LogP contribution in [0.4, 0.5) is 5.69 Å². The van der Waals surface area contributed by atoms with Crippen LogP contribution in [0.1, 0.15) is 18.9 Å². The molecule has 3 rings (SSSR count). The van der Waals surface area contributed by atoms with E-state index in [1.807, 2.05) is 0 Å². The summed E-state index contributed by atoms with van der Waals surface area (Å²) in [6, 6.07) is 5.62. The SMILES string of the molecule is CC(SC1=C(C(=O)OCc2ccc([N+](=O)[O-])cc2)N2C(=O)C[C@@H]2S1)C(N)=O. The third-order valence-corrected chi connectivity index (χ3v) is 6.61. The molecule has 1 aromatic rings. The molecule has 1 aromatic carbocycles. The number of amides is 2. The molecule has 0 radical (unpaired) electrons. The Kier molecular flexibility index (Phi) is 5.42. The van der Waals surface area contributed by atoms with Gasteiger partial charge in [-0.3, -0.25) is 24.6 Å². The summed E-state index contributed by atoms with van der Waals surface area (Å²) in [5.41, 5.74) is 5.92. The number of rotatable bonds is 7. The number of fused-ring (bicyclic) bond motifs is 1. The summed E-state index contributed by atoms with van der Waals surface area (Å²) in [4.78, 5) is 47.3. The van der Waals surface area contributed by atoms with E-state index in [2.05, 4.69) is 0 Å². The summed E-state index contributed by atoms with van der Waals surface area (Å²) in [5, 5.41) is 9.95. The number of β-lactam (4-membered cyclic amide) rings is 1. The van der Waals surface area contributed by atoms with Gasteiger partial charge in [0.15, 0.2) is 5.70 Å². The van der Waals surface area contributed by atoms with Crippen LogP contribution in [0.5, 0.6) is 0 Å². The van der Waals surface area contributed by atoms with E-state index in [4.69, 9.17) is 10.5 Å². The first-order chi connectivity index (χ1) is 12.8. The molecular formula is C16H15N3O6S2. The van der Waals surface area contributed by atoms with Crippen molar-refractivity contribution in [1.82, 2.24) is 4.90 Å². The van der Waals surface area contributed by atoms with Crippen LogP contribution in [-0.4, -0.2) is 38.2 Å². The van der Waals surface area contributed by atoms with Crippen molar-refractivity contribution in [3.8, 4) is 0 Å². The first-order valence-electron chi connectivity index (χ1n) is 7.87. The van der Waals surface area contributed by atoms with Gasteiger partial charge in [-0.15, -0.1) is 11.8 Å². The first kappa shape index (κ1) is 19.2. The van der Waals surface area contributed by atoms with Crippen LogP contribution >= 0.6 is 23.5 Å². The second-order valence-electron chi connectivity index (χ2n) is 5.84. The molecule has 27 heavy (non-hydrogen) atoms. The lowest BCUT2D eigenvalue weighted by Gasteiger charge is -2.34. The Morgan fingerprint density at radius 2 is 2.11 bits per heavy atom. The van der Waals surface area contributed by atoms with Crippen LogP contribution in [0.15, 0.2) is 34.2 Å². The predicted molar refractivity (Wildman–Crippen MR) is 99.0 cm³/mol. The second kappa shape index (κ2) is 7.61. The lowest BCUT2D eigenvalue weighted by atomic mass is 10.2. The topological polar surface area (TPSA) is 133 Å². The van der Waals surface area contributed by atoms with E-state index in [0.717, 1.165) is 11.8 Å². The van der Waals surface area contributed by atoms with Gasteiger partial charge in [0.25, 0.3) is 5.69 Å². The van der Waals surface area contributed by atoms with Crippen molar-refractivity contribution in [2.45, 2.75) is 30.6 Å². The van der Waals surface area contributed by atoms with E-state index >= 15 is 0 Å². The summed E-state index contributed by atoms with van der Waals surface area (Å²) in [7, 11) is 0. The van der Waals surface area contributed by atoms with Gasteiger partial charge in [-0.1, -0.05) is 11.8 Å². The van der Waals surface area contributed by atoms with E-state index in [1.165, 1.54) is 40.9 Å². The number of ether oxygens (including phenoxy) is 1. The summed E-state index contributed by atoms with van der Waals surface area (Å²) in [5.74, 6) is -1.39. The number of non-ortho nitro benzene ring substituents is 1. The van der Waals surface area contributed by atoms with E-state index in [-0.39, 0.29) is 29.3 Å². The molecule has 2 atom stereocenters. The largest absolute Gasteiger partial charge is 0.456 e. The van der Waals surface area contributed by atoms with E-state index in [0.29, 0.717) is 16.2 Å². The van der Waals surface area contributed by atoms with E-state index in [9.17, 15) is 24.5 Å². The summed E-state index contributed by atoms with van der Waals surface area (Å²) >= 11 is 2.46. The molecule has 0 aromatic heterocycles. The van der Waals surface area contributed by atoms with Gasteiger partial charge in [-0.25, -0.2) is 4.79 Å². The number of hydrogen-bond acceptors (Lipinski definition) is 8. The molecule has 0 aliphatic carbocycles. The van der Waals surface area contributed by atoms with Gasteiger partial charge in [-0.2, -0.15) is 0 Å². The molecule has 11 heteroatoms. The molecule has 1 unspecified atom stereocenters. The highest BCUT2D eigenvalue weighted by atomic mass is 32.2. The zero-order chi connectivity index (χ0) is 19.7. The predicted octanol–water partition coefficient (Wildman–Crippen LogP) is 1.72. The second-order valence-corrected chi connectivity index (χ2v) is 8.64. The van der Waals surface area contributed by atoms with Crippen molar-refractivity contribution in [3.63, 3.8) is 0 Å². The van der Waals surface area contributed by atoms with Crippen LogP contribution in [0.25, 0.3) is 0 Å². The van der Waals surface area contributed by atoms with Gasteiger partial charge in [0.1, 0.15) is 6.61 Å². The molecule has 9 nitrogen and oxygen atoms in total. The average molecular weight is 409 g/mol. The molecule has 2 heterocycles. The van der Waals surface area contributed by atoms with Gasteiger partial charge < -0.3 is 10.5 Å². The first-order valence-corrected chi connectivity index (χ1v) is 9.63. The van der Waals surface area contributed by atoms with Crippen molar-refractivity contribution < 1.29 is 24.0 Å².